The molecule has 0 fully saturated rings. The number of thiophene rings is 1. The lowest BCUT2D eigenvalue weighted by molar-refractivity contribution is 0.0762. The number of nitrogens with one attached hydrogen (secondary N) is 1. The second-order valence-electron chi connectivity index (χ2n) is 4.53. The van der Waals surface area contributed by atoms with Gasteiger partial charge in [0.25, 0.3) is 0 Å². The van der Waals surface area contributed by atoms with Crippen molar-refractivity contribution >= 4 is 37.3 Å². The Bertz CT molecular complexity index is 514. The van der Waals surface area contributed by atoms with Gasteiger partial charge in [-0.15, -0.1) is 11.3 Å². The highest BCUT2D eigenvalue weighted by Crippen LogP contribution is 2.31. The molecule has 1 aromatic rings. The summed E-state index contributed by atoms with van der Waals surface area (Å²) < 4.78 is 32.6. The largest absolute Gasteiger partial charge is 0.391 e. The number of aliphatic hydroxyl groups excluding tert-OH is 1. The van der Waals surface area contributed by atoms with Crippen LogP contribution in [0.25, 0.3) is 0 Å². The highest BCUT2D eigenvalue weighted by molar-refractivity contribution is 9.11. The normalized spacial score (nSPS) is 12.2. The third-order valence-corrected chi connectivity index (χ3v) is 6.16. The van der Waals surface area contributed by atoms with Gasteiger partial charge in [0, 0.05) is 18.0 Å². The predicted molar refractivity (Wildman–Crippen MR) is 83.5 cm³/mol. The van der Waals surface area contributed by atoms with E-state index >= 15 is 0 Å². The van der Waals surface area contributed by atoms with Gasteiger partial charge in [0.15, 0.2) is 0 Å². The summed E-state index contributed by atoms with van der Waals surface area (Å²) >= 11 is 4.43. The van der Waals surface area contributed by atoms with Crippen LogP contribution in [0.1, 0.15) is 31.6 Å². The fraction of sp³-hybridized carbons (Fsp3) is 0.667. The molecule has 116 valence electrons. The van der Waals surface area contributed by atoms with E-state index in [2.05, 4.69) is 20.7 Å². The van der Waals surface area contributed by atoms with E-state index in [1.54, 1.807) is 0 Å². The number of sulfonamides is 1. The van der Waals surface area contributed by atoms with Crippen molar-refractivity contribution in [3.8, 4) is 0 Å². The minimum Gasteiger partial charge on any atom is -0.391 e. The van der Waals surface area contributed by atoms with Crippen LogP contribution < -0.4 is 4.72 Å². The Kier molecular flexibility index (Phi) is 7.63. The van der Waals surface area contributed by atoms with Crippen LogP contribution in [0, 0.1) is 0 Å². The molecule has 0 spiro atoms. The number of ether oxygens (including phenoxy) is 1. The Morgan fingerprint density at radius 1 is 1.45 bits per heavy atom. The molecule has 0 aliphatic heterocycles. The second-order valence-corrected chi connectivity index (χ2v) is 8.72. The molecule has 0 radical (unpaired) electrons. The van der Waals surface area contributed by atoms with Gasteiger partial charge in [0.1, 0.15) is 4.90 Å². The summed E-state index contributed by atoms with van der Waals surface area (Å²) in [6, 6.07) is 1.49. The van der Waals surface area contributed by atoms with Gasteiger partial charge in [-0.25, -0.2) is 13.1 Å². The lowest BCUT2D eigenvalue weighted by Gasteiger charge is -2.08. The molecule has 20 heavy (non-hydrogen) atoms. The van der Waals surface area contributed by atoms with Gasteiger partial charge >= 0.3 is 0 Å². The van der Waals surface area contributed by atoms with E-state index in [9.17, 15) is 8.42 Å². The zero-order valence-electron chi connectivity index (χ0n) is 11.6. The first kappa shape index (κ1) is 18.1. The van der Waals surface area contributed by atoms with Gasteiger partial charge in [0.2, 0.25) is 10.0 Å². The van der Waals surface area contributed by atoms with E-state index < -0.39 is 10.0 Å². The average Bonchev–Trinajstić information content (AvgIpc) is 2.75. The van der Waals surface area contributed by atoms with E-state index in [0.717, 1.165) is 12.8 Å². The van der Waals surface area contributed by atoms with E-state index in [1.165, 1.54) is 17.4 Å². The Hall–Kier alpha value is 0.01000. The number of rotatable bonds is 9. The monoisotopic (exact) mass is 385 g/mol. The zero-order chi connectivity index (χ0) is 15.2. The Balaban J connectivity index is 2.43. The quantitative estimate of drug-likeness (QED) is 0.640. The minimum atomic E-state index is -3.52. The van der Waals surface area contributed by atoms with Crippen LogP contribution in [0.15, 0.2) is 14.7 Å². The number of unbranched alkanes of at least 4 members (excludes halogenated alkanes) is 1. The summed E-state index contributed by atoms with van der Waals surface area (Å²) in [6.07, 6.45) is 1.74. The highest BCUT2D eigenvalue weighted by Gasteiger charge is 2.20. The van der Waals surface area contributed by atoms with Crippen molar-refractivity contribution in [2.24, 2.45) is 0 Å². The van der Waals surface area contributed by atoms with Crippen molar-refractivity contribution in [1.29, 1.82) is 0 Å². The molecule has 0 bridgehead atoms. The van der Waals surface area contributed by atoms with Gasteiger partial charge in [-0.2, -0.15) is 0 Å². The van der Waals surface area contributed by atoms with Crippen molar-refractivity contribution < 1.29 is 18.3 Å². The summed E-state index contributed by atoms with van der Waals surface area (Å²) in [4.78, 5) is 0.799. The first-order valence-electron chi connectivity index (χ1n) is 6.37. The molecular weight excluding hydrogens is 366 g/mol. The molecule has 1 aromatic heterocycles. The van der Waals surface area contributed by atoms with Gasteiger partial charge in [0.05, 0.1) is 16.5 Å². The molecule has 2 N–H and O–H groups in total. The van der Waals surface area contributed by atoms with Crippen LogP contribution in [0.3, 0.4) is 0 Å². The maximum atomic E-state index is 12.1. The SMILES string of the molecule is CC(C)OCCCCNS(=O)(=O)c1cc(CO)sc1Br. The minimum absolute atomic E-state index is 0.161. The van der Waals surface area contributed by atoms with Gasteiger partial charge in [-0.1, -0.05) is 0 Å². The summed E-state index contributed by atoms with van der Waals surface area (Å²) in [6.45, 7) is 4.78. The molecule has 0 aromatic carbocycles. The Morgan fingerprint density at radius 2 is 2.15 bits per heavy atom. The number of aliphatic hydroxyl groups is 1. The molecule has 8 heteroatoms. The maximum absolute atomic E-state index is 12.1. The standard InChI is InChI=1S/C12H20BrNO4S2/c1-9(2)18-6-4-3-5-14-20(16,17)11-7-10(8-15)19-12(11)13/h7,9,14-15H,3-6,8H2,1-2H3. The van der Waals surface area contributed by atoms with Gasteiger partial charge in [-0.05, 0) is 48.7 Å². The summed E-state index contributed by atoms with van der Waals surface area (Å²) in [5.74, 6) is 0. The molecule has 0 saturated carbocycles. The Labute approximate surface area is 132 Å². The Morgan fingerprint density at radius 3 is 2.70 bits per heavy atom. The van der Waals surface area contributed by atoms with E-state index in [4.69, 9.17) is 9.84 Å². The van der Waals surface area contributed by atoms with Crippen molar-refractivity contribution in [1.82, 2.24) is 4.72 Å². The van der Waals surface area contributed by atoms with Gasteiger partial charge < -0.3 is 9.84 Å². The lowest BCUT2D eigenvalue weighted by atomic mass is 10.3. The molecule has 0 saturated heterocycles. The van der Waals surface area contributed by atoms with Crippen molar-refractivity contribution in [3.05, 3.63) is 14.7 Å². The van der Waals surface area contributed by atoms with Crippen molar-refractivity contribution in [2.75, 3.05) is 13.2 Å². The summed E-state index contributed by atoms with van der Waals surface area (Å²) in [5.41, 5.74) is 0. The molecule has 1 heterocycles. The van der Waals surface area contributed by atoms with Crippen molar-refractivity contribution in [3.63, 3.8) is 0 Å². The topological polar surface area (TPSA) is 75.6 Å². The molecule has 5 nitrogen and oxygen atoms in total. The first-order chi connectivity index (χ1) is 9.36. The molecule has 0 amide bonds. The third kappa shape index (κ3) is 5.79. The summed E-state index contributed by atoms with van der Waals surface area (Å²) in [5, 5.41) is 9.02. The van der Waals surface area contributed by atoms with Crippen LogP contribution in [0.2, 0.25) is 0 Å². The lowest BCUT2D eigenvalue weighted by Crippen LogP contribution is -2.25. The molecule has 1 rings (SSSR count). The van der Waals surface area contributed by atoms with E-state index in [-0.39, 0.29) is 17.6 Å². The average molecular weight is 386 g/mol. The van der Waals surface area contributed by atoms with Crippen LogP contribution in [-0.2, 0) is 21.4 Å². The van der Waals surface area contributed by atoms with Crippen LogP contribution in [-0.4, -0.2) is 32.8 Å². The third-order valence-electron chi connectivity index (χ3n) is 2.47. The fourth-order valence-corrected chi connectivity index (χ4v) is 5.10. The second kappa shape index (κ2) is 8.45. The van der Waals surface area contributed by atoms with E-state index in [0.29, 0.717) is 21.8 Å². The van der Waals surface area contributed by atoms with E-state index in [1.807, 2.05) is 13.8 Å². The maximum Gasteiger partial charge on any atom is 0.242 e. The number of hydrogen-bond acceptors (Lipinski definition) is 5. The zero-order valence-corrected chi connectivity index (χ0v) is 14.8. The molecular formula is C12H20BrNO4S2. The van der Waals surface area contributed by atoms with Crippen LogP contribution in [0.5, 0.6) is 0 Å². The molecule has 0 aliphatic rings. The molecule has 0 unspecified atom stereocenters. The summed E-state index contributed by atoms with van der Waals surface area (Å²) in [7, 11) is -3.52. The van der Waals surface area contributed by atoms with Crippen molar-refractivity contribution in [2.45, 2.75) is 44.3 Å². The highest BCUT2D eigenvalue weighted by atomic mass is 79.9. The number of hydrogen-bond donors (Lipinski definition) is 2. The number of halogens is 1. The fourth-order valence-electron chi connectivity index (χ4n) is 1.49. The van der Waals surface area contributed by atoms with Crippen LogP contribution in [0.4, 0.5) is 0 Å². The smallest absolute Gasteiger partial charge is 0.242 e. The molecule has 0 atom stereocenters. The first-order valence-corrected chi connectivity index (χ1v) is 9.46. The molecule has 0 aliphatic carbocycles. The van der Waals surface area contributed by atoms with Gasteiger partial charge in [-0.3, -0.25) is 0 Å². The van der Waals surface area contributed by atoms with Crippen LogP contribution >= 0.6 is 27.3 Å². The predicted octanol–water partition coefficient (Wildman–Crippen LogP) is 2.49.